The number of hydrogen-bond acceptors (Lipinski definition) is 4. The molecule has 26 heavy (non-hydrogen) atoms. The van der Waals surface area contributed by atoms with Crippen molar-refractivity contribution in [3.05, 3.63) is 53.7 Å². The molecule has 138 valence electrons. The van der Waals surface area contributed by atoms with Gasteiger partial charge in [-0.2, -0.15) is 0 Å². The van der Waals surface area contributed by atoms with Crippen LogP contribution in [0, 0.1) is 0 Å². The van der Waals surface area contributed by atoms with E-state index in [-0.39, 0.29) is 5.91 Å². The lowest BCUT2D eigenvalue weighted by Gasteiger charge is -2.29. The van der Waals surface area contributed by atoms with Crippen LogP contribution in [-0.4, -0.2) is 37.2 Å². The molecule has 1 aliphatic heterocycles. The number of ether oxygens (including phenoxy) is 1. The van der Waals surface area contributed by atoms with Crippen molar-refractivity contribution in [2.45, 2.75) is 32.6 Å². The van der Waals surface area contributed by atoms with E-state index in [9.17, 15) is 4.79 Å². The summed E-state index contributed by atoms with van der Waals surface area (Å²) in [4.78, 5) is 19.3. The Morgan fingerprint density at radius 3 is 2.65 bits per heavy atom. The van der Waals surface area contributed by atoms with Gasteiger partial charge in [0.2, 0.25) is 0 Å². The molecule has 0 unspecified atom stereocenters. The number of pyridine rings is 1. The number of aromatic nitrogens is 1. The van der Waals surface area contributed by atoms with E-state index in [0.29, 0.717) is 18.8 Å². The number of benzene rings is 1. The van der Waals surface area contributed by atoms with Gasteiger partial charge in [-0.3, -0.25) is 4.79 Å². The van der Waals surface area contributed by atoms with Gasteiger partial charge in [0, 0.05) is 25.0 Å². The molecule has 1 N–H and O–H groups in total. The van der Waals surface area contributed by atoms with Gasteiger partial charge in [0.1, 0.15) is 5.82 Å². The molecule has 5 heteroatoms. The standard InChI is InChI=1S/C21H27N3O2/c1-2-3-4-6-17-8-10-18(11-9-17)23-21(25)19-7-5-12-22-20(19)24-13-15-26-16-14-24/h5,7-12H,2-4,6,13-16H2,1H3,(H,23,25). The first kappa shape index (κ1) is 18.4. The van der Waals surface area contributed by atoms with E-state index in [1.807, 2.05) is 18.2 Å². The number of anilines is 2. The summed E-state index contributed by atoms with van der Waals surface area (Å²) in [6, 6.07) is 11.8. The van der Waals surface area contributed by atoms with Gasteiger partial charge < -0.3 is 15.0 Å². The summed E-state index contributed by atoms with van der Waals surface area (Å²) in [5.41, 5.74) is 2.72. The first-order valence-corrected chi connectivity index (χ1v) is 9.46. The second kappa shape index (κ2) is 9.34. The summed E-state index contributed by atoms with van der Waals surface area (Å²) >= 11 is 0. The van der Waals surface area contributed by atoms with E-state index in [1.165, 1.54) is 24.8 Å². The number of amides is 1. The van der Waals surface area contributed by atoms with E-state index in [2.05, 4.69) is 34.3 Å². The first-order chi connectivity index (χ1) is 12.8. The molecule has 1 saturated heterocycles. The monoisotopic (exact) mass is 353 g/mol. The maximum atomic E-state index is 12.8. The van der Waals surface area contributed by atoms with Crippen molar-refractivity contribution < 1.29 is 9.53 Å². The number of nitrogens with zero attached hydrogens (tertiary/aromatic N) is 2. The zero-order valence-electron chi connectivity index (χ0n) is 15.4. The average Bonchev–Trinajstić information content (AvgIpc) is 2.70. The van der Waals surface area contributed by atoms with Gasteiger partial charge in [-0.1, -0.05) is 31.9 Å². The summed E-state index contributed by atoms with van der Waals surface area (Å²) in [6.07, 6.45) is 6.51. The third-order valence-electron chi connectivity index (χ3n) is 4.62. The smallest absolute Gasteiger partial charge is 0.259 e. The Labute approximate surface area is 155 Å². The molecule has 2 heterocycles. The molecule has 2 aromatic rings. The van der Waals surface area contributed by atoms with Crippen LogP contribution in [0.1, 0.15) is 42.1 Å². The van der Waals surface area contributed by atoms with Gasteiger partial charge >= 0.3 is 0 Å². The Bertz CT molecular complexity index is 709. The molecule has 0 bridgehead atoms. The fourth-order valence-electron chi connectivity index (χ4n) is 3.13. The molecule has 0 atom stereocenters. The second-order valence-electron chi connectivity index (χ2n) is 6.58. The number of aryl methyl sites for hydroxylation is 1. The zero-order valence-corrected chi connectivity index (χ0v) is 15.4. The third-order valence-corrected chi connectivity index (χ3v) is 4.62. The molecule has 1 aliphatic rings. The maximum absolute atomic E-state index is 12.8. The summed E-state index contributed by atoms with van der Waals surface area (Å²) in [6.45, 7) is 5.05. The quantitative estimate of drug-likeness (QED) is 0.767. The SMILES string of the molecule is CCCCCc1ccc(NC(=O)c2cccnc2N2CCOCC2)cc1. The predicted molar refractivity (Wildman–Crippen MR) is 105 cm³/mol. The highest BCUT2D eigenvalue weighted by atomic mass is 16.5. The molecule has 0 spiro atoms. The third kappa shape index (κ3) is 4.82. The molecule has 1 amide bonds. The summed E-state index contributed by atoms with van der Waals surface area (Å²) < 4.78 is 5.39. The van der Waals surface area contributed by atoms with Gasteiger partial charge in [0.25, 0.3) is 5.91 Å². The Kier molecular flexibility index (Phi) is 6.61. The van der Waals surface area contributed by atoms with Crippen LogP contribution in [0.25, 0.3) is 0 Å². The normalized spacial score (nSPS) is 14.3. The average molecular weight is 353 g/mol. The van der Waals surface area contributed by atoms with Crippen LogP contribution in [0.2, 0.25) is 0 Å². The Morgan fingerprint density at radius 1 is 1.15 bits per heavy atom. The Hall–Kier alpha value is -2.40. The number of carbonyl (C=O) groups is 1. The van der Waals surface area contributed by atoms with Crippen molar-refractivity contribution in [2.24, 2.45) is 0 Å². The molecule has 0 aliphatic carbocycles. The van der Waals surface area contributed by atoms with Crippen molar-refractivity contribution in [1.82, 2.24) is 4.98 Å². The Morgan fingerprint density at radius 2 is 1.92 bits per heavy atom. The molecule has 3 rings (SSSR count). The molecule has 0 saturated carbocycles. The van der Waals surface area contributed by atoms with Crippen LogP contribution in [-0.2, 0) is 11.2 Å². The minimum Gasteiger partial charge on any atom is -0.378 e. The molecule has 0 radical (unpaired) electrons. The van der Waals surface area contributed by atoms with E-state index >= 15 is 0 Å². The summed E-state index contributed by atoms with van der Waals surface area (Å²) in [5, 5.41) is 3.00. The van der Waals surface area contributed by atoms with Crippen molar-refractivity contribution in [1.29, 1.82) is 0 Å². The van der Waals surface area contributed by atoms with Gasteiger partial charge in [0.05, 0.1) is 18.8 Å². The van der Waals surface area contributed by atoms with Crippen LogP contribution >= 0.6 is 0 Å². The largest absolute Gasteiger partial charge is 0.378 e. The lowest BCUT2D eigenvalue weighted by Crippen LogP contribution is -2.38. The maximum Gasteiger partial charge on any atom is 0.259 e. The molecular formula is C21H27N3O2. The fraction of sp³-hybridized carbons (Fsp3) is 0.429. The van der Waals surface area contributed by atoms with Crippen LogP contribution in [0.15, 0.2) is 42.6 Å². The minimum absolute atomic E-state index is 0.127. The zero-order chi connectivity index (χ0) is 18.2. The topological polar surface area (TPSA) is 54.5 Å². The molecule has 1 aromatic heterocycles. The number of hydrogen-bond donors (Lipinski definition) is 1. The van der Waals surface area contributed by atoms with Crippen molar-refractivity contribution >= 4 is 17.4 Å². The van der Waals surface area contributed by atoms with Gasteiger partial charge in [-0.05, 0) is 42.7 Å². The van der Waals surface area contributed by atoms with Crippen molar-refractivity contribution in [3.63, 3.8) is 0 Å². The first-order valence-electron chi connectivity index (χ1n) is 9.46. The number of rotatable bonds is 7. The fourth-order valence-corrected chi connectivity index (χ4v) is 3.13. The van der Waals surface area contributed by atoms with E-state index < -0.39 is 0 Å². The highest BCUT2D eigenvalue weighted by Crippen LogP contribution is 2.20. The molecule has 1 fully saturated rings. The predicted octanol–water partition coefficient (Wildman–Crippen LogP) is 3.90. The second-order valence-corrected chi connectivity index (χ2v) is 6.58. The number of carbonyl (C=O) groups excluding carboxylic acids is 1. The lowest BCUT2D eigenvalue weighted by atomic mass is 10.1. The summed E-state index contributed by atoms with van der Waals surface area (Å²) in [7, 11) is 0. The van der Waals surface area contributed by atoms with Gasteiger partial charge in [0.15, 0.2) is 0 Å². The van der Waals surface area contributed by atoms with Gasteiger partial charge in [-0.25, -0.2) is 4.98 Å². The summed E-state index contributed by atoms with van der Waals surface area (Å²) in [5.74, 6) is 0.600. The van der Waals surface area contributed by atoms with Crippen molar-refractivity contribution in [3.8, 4) is 0 Å². The van der Waals surface area contributed by atoms with Crippen LogP contribution in [0.4, 0.5) is 11.5 Å². The number of unbranched alkanes of at least 4 members (excludes halogenated alkanes) is 2. The number of morpholine rings is 1. The van der Waals surface area contributed by atoms with Crippen LogP contribution in [0.3, 0.4) is 0 Å². The van der Waals surface area contributed by atoms with Gasteiger partial charge in [-0.15, -0.1) is 0 Å². The molecule has 5 nitrogen and oxygen atoms in total. The Balaban J connectivity index is 1.66. The van der Waals surface area contributed by atoms with Crippen LogP contribution in [0.5, 0.6) is 0 Å². The lowest BCUT2D eigenvalue weighted by molar-refractivity contribution is 0.102. The number of nitrogens with one attached hydrogen (secondary N) is 1. The molecule has 1 aromatic carbocycles. The van der Waals surface area contributed by atoms with E-state index in [0.717, 1.165) is 31.0 Å². The minimum atomic E-state index is -0.127. The highest BCUT2D eigenvalue weighted by molar-refractivity contribution is 6.07. The highest BCUT2D eigenvalue weighted by Gasteiger charge is 2.19. The molecular weight excluding hydrogens is 326 g/mol. The van der Waals surface area contributed by atoms with Crippen molar-refractivity contribution in [2.75, 3.05) is 36.5 Å². The van der Waals surface area contributed by atoms with E-state index in [1.54, 1.807) is 12.3 Å². The van der Waals surface area contributed by atoms with Crippen LogP contribution < -0.4 is 10.2 Å². The van der Waals surface area contributed by atoms with E-state index in [4.69, 9.17) is 4.74 Å².